The largest absolute Gasteiger partial charge is 0.508 e. The number of hydrogen-bond acceptors (Lipinski definition) is 7. The number of carbonyl (C=O) groups is 4. The maximum absolute atomic E-state index is 13.6. The van der Waals surface area contributed by atoms with E-state index in [9.17, 15) is 29.4 Å². The van der Waals surface area contributed by atoms with Crippen LogP contribution in [0.4, 0.5) is 4.79 Å². The van der Waals surface area contributed by atoms with Crippen molar-refractivity contribution in [3.05, 3.63) is 83.8 Å². The first-order valence-electron chi connectivity index (χ1n) is 13.1. The van der Waals surface area contributed by atoms with Crippen LogP contribution in [0, 0.1) is 5.92 Å². The van der Waals surface area contributed by atoms with Gasteiger partial charge in [-0.25, -0.2) is 4.79 Å². The number of furan rings is 1. The van der Waals surface area contributed by atoms with E-state index in [-0.39, 0.29) is 30.3 Å². The molecule has 0 radical (unpaired) electrons. The number of carbonyl (C=O) groups excluding carboxylic acids is 3. The summed E-state index contributed by atoms with van der Waals surface area (Å²) in [6, 6.07) is 12.7. The second-order valence-corrected chi connectivity index (χ2v) is 10.0. The Morgan fingerprint density at radius 3 is 1.83 bits per heavy atom. The molecule has 0 aliphatic heterocycles. The third-order valence-electron chi connectivity index (χ3n) is 6.33. The van der Waals surface area contributed by atoms with Crippen molar-refractivity contribution in [2.75, 3.05) is 7.11 Å². The van der Waals surface area contributed by atoms with E-state index >= 15 is 0 Å². The molecule has 0 saturated carbocycles. The van der Waals surface area contributed by atoms with Crippen LogP contribution in [0.2, 0.25) is 0 Å². The fourth-order valence-electron chi connectivity index (χ4n) is 4.27. The Labute approximate surface area is 237 Å². The highest BCUT2D eigenvalue weighted by Crippen LogP contribution is 2.16. The van der Waals surface area contributed by atoms with Crippen molar-refractivity contribution in [2.45, 2.75) is 51.2 Å². The Balaban J connectivity index is 1.85. The van der Waals surface area contributed by atoms with E-state index < -0.39 is 41.8 Å². The Morgan fingerprint density at radius 2 is 1.34 bits per heavy atom. The van der Waals surface area contributed by atoms with Crippen LogP contribution in [0.1, 0.15) is 41.9 Å². The highest BCUT2D eigenvalue weighted by atomic mass is 16.5. The molecule has 11 nitrogen and oxygen atoms in total. The minimum Gasteiger partial charge on any atom is -0.508 e. The van der Waals surface area contributed by atoms with Gasteiger partial charge in [-0.3, -0.25) is 14.4 Å². The molecule has 2 aromatic carbocycles. The lowest BCUT2D eigenvalue weighted by Crippen LogP contribution is -2.56. The number of nitrogens with one attached hydrogen (secondary N) is 3. The summed E-state index contributed by atoms with van der Waals surface area (Å²) in [4.78, 5) is 51.6. The number of hydrogen-bond donors (Lipinski definition) is 5. The number of benzene rings is 2. The van der Waals surface area contributed by atoms with Crippen molar-refractivity contribution >= 4 is 23.7 Å². The van der Waals surface area contributed by atoms with Gasteiger partial charge in [0.25, 0.3) is 0 Å². The van der Waals surface area contributed by atoms with Crippen LogP contribution >= 0.6 is 0 Å². The van der Waals surface area contributed by atoms with Gasteiger partial charge in [0.15, 0.2) is 5.76 Å². The standard InChI is InChI=1S/C30H35N3O8/c1-18(2)15-23(27(35)26-5-4-14-41-26)31-28(36)24(16-19-6-10-21(34)11-7-19)32-29(37)25(33-30(38)39)17-20-8-12-22(40-3)13-9-20/h4-14,18,23-25,33-34H,15-17H2,1-3H3,(H,31,36)(H,32,37)(H,38,39). The van der Waals surface area contributed by atoms with Crippen molar-refractivity contribution in [3.63, 3.8) is 0 Å². The number of rotatable bonds is 14. The molecule has 0 saturated heterocycles. The van der Waals surface area contributed by atoms with Crippen LogP contribution in [0.3, 0.4) is 0 Å². The summed E-state index contributed by atoms with van der Waals surface area (Å²) < 4.78 is 10.4. The zero-order valence-electron chi connectivity index (χ0n) is 23.1. The zero-order valence-corrected chi connectivity index (χ0v) is 23.1. The van der Waals surface area contributed by atoms with Gasteiger partial charge < -0.3 is 35.3 Å². The van der Waals surface area contributed by atoms with Crippen molar-refractivity contribution in [1.29, 1.82) is 0 Å². The number of methoxy groups -OCH3 is 1. The average molecular weight is 566 g/mol. The SMILES string of the molecule is COc1ccc(CC(NC(=O)O)C(=O)NC(Cc2ccc(O)cc2)C(=O)NC(CC(C)C)C(=O)c2ccco2)cc1. The number of ketones is 1. The molecule has 0 spiro atoms. The number of carboxylic acid groups (broad SMARTS) is 1. The van der Waals surface area contributed by atoms with Crippen LogP contribution in [0.15, 0.2) is 71.3 Å². The van der Waals surface area contributed by atoms with E-state index in [2.05, 4.69) is 16.0 Å². The Hall–Kier alpha value is -4.80. The monoisotopic (exact) mass is 565 g/mol. The second-order valence-electron chi connectivity index (χ2n) is 10.0. The summed E-state index contributed by atoms with van der Waals surface area (Å²) in [7, 11) is 1.52. The second kappa shape index (κ2) is 14.5. The molecule has 1 aromatic heterocycles. The summed E-state index contributed by atoms with van der Waals surface area (Å²) >= 11 is 0. The maximum Gasteiger partial charge on any atom is 0.405 e. The van der Waals surface area contributed by atoms with Crippen LogP contribution in [0.25, 0.3) is 0 Å². The molecule has 41 heavy (non-hydrogen) atoms. The molecule has 5 N–H and O–H groups in total. The normalized spacial score (nSPS) is 13.1. The van der Waals surface area contributed by atoms with Gasteiger partial charge in [0.2, 0.25) is 17.6 Å². The van der Waals surface area contributed by atoms with E-state index in [1.807, 2.05) is 13.8 Å². The van der Waals surface area contributed by atoms with Gasteiger partial charge in [-0.2, -0.15) is 0 Å². The van der Waals surface area contributed by atoms with E-state index in [1.165, 1.54) is 31.6 Å². The van der Waals surface area contributed by atoms with Gasteiger partial charge in [-0.1, -0.05) is 38.1 Å². The summed E-state index contributed by atoms with van der Waals surface area (Å²) in [6.45, 7) is 3.82. The van der Waals surface area contributed by atoms with Crippen LogP contribution < -0.4 is 20.7 Å². The molecule has 3 aromatic rings. The molecule has 11 heteroatoms. The lowest BCUT2D eigenvalue weighted by Gasteiger charge is -2.25. The molecule has 0 bridgehead atoms. The van der Waals surface area contributed by atoms with Crippen LogP contribution in [-0.2, 0) is 22.4 Å². The number of phenolic OH excluding ortho intramolecular Hbond substituents is 1. The minimum absolute atomic E-state index is 0.0165. The van der Waals surface area contributed by atoms with Gasteiger partial charge in [-0.15, -0.1) is 0 Å². The van der Waals surface area contributed by atoms with Gasteiger partial charge in [0.1, 0.15) is 23.6 Å². The van der Waals surface area contributed by atoms with Crippen LogP contribution in [-0.4, -0.2) is 59.1 Å². The first-order valence-corrected chi connectivity index (χ1v) is 13.1. The maximum atomic E-state index is 13.6. The predicted octanol–water partition coefficient (Wildman–Crippen LogP) is 3.31. The number of aromatic hydroxyl groups is 1. The smallest absolute Gasteiger partial charge is 0.405 e. The van der Waals surface area contributed by atoms with E-state index in [0.29, 0.717) is 23.3 Å². The van der Waals surface area contributed by atoms with E-state index in [1.54, 1.807) is 42.5 Å². The van der Waals surface area contributed by atoms with Crippen molar-refractivity contribution in [1.82, 2.24) is 16.0 Å². The third kappa shape index (κ3) is 9.41. The first kappa shape index (κ1) is 30.7. The Kier molecular flexibility index (Phi) is 10.9. The number of phenols is 1. The number of Topliss-reactive ketones (excluding diaryl/α,β-unsaturated/α-hetero) is 1. The first-order chi connectivity index (χ1) is 19.5. The summed E-state index contributed by atoms with van der Waals surface area (Å²) in [5.41, 5.74) is 1.29. The Morgan fingerprint density at radius 1 is 0.805 bits per heavy atom. The van der Waals surface area contributed by atoms with Gasteiger partial charge in [-0.05, 0) is 59.9 Å². The molecule has 3 atom stereocenters. The highest BCUT2D eigenvalue weighted by molar-refractivity contribution is 6.01. The number of ether oxygens (including phenoxy) is 1. The van der Waals surface area contributed by atoms with Crippen LogP contribution in [0.5, 0.6) is 11.5 Å². The molecule has 3 rings (SSSR count). The van der Waals surface area contributed by atoms with E-state index in [0.717, 1.165) is 0 Å². The lowest BCUT2D eigenvalue weighted by molar-refractivity contribution is -0.130. The number of amides is 3. The summed E-state index contributed by atoms with van der Waals surface area (Å²) in [6.07, 6.45) is 0.324. The lowest BCUT2D eigenvalue weighted by atomic mass is 9.97. The van der Waals surface area contributed by atoms with Gasteiger partial charge in [0, 0.05) is 12.8 Å². The predicted molar refractivity (Wildman–Crippen MR) is 150 cm³/mol. The van der Waals surface area contributed by atoms with Gasteiger partial charge >= 0.3 is 6.09 Å². The quantitative estimate of drug-likeness (QED) is 0.186. The topological polar surface area (TPSA) is 167 Å². The fourth-order valence-corrected chi connectivity index (χ4v) is 4.27. The van der Waals surface area contributed by atoms with Crippen molar-refractivity contribution in [2.24, 2.45) is 5.92 Å². The summed E-state index contributed by atoms with van der Waals surface area (Å²) in [5, 5.41) is 26.7. The molecule has 3 amide bonds. The fraction of sp³-hybridized carbons (Fsp3) is 0.333. The minimum atomic E-state index is -1.40. The highest BCUT2D eigenvalue weighted by Gasteiger charge is 2.31. The Bertz CT molecular complexity index is 1300. The summed E-state index contributed by atoms with van der Waals surface area (Å²) in [5.74, 6) is -0.970. The molecule has 0 fully saturated rings. The zero-order chi connectivity index (χ0) is 29.9. The van der Waals surface area contributed by atoms with Crippen molar-refractivity contribution < 1.29 is 38.5 Å². The van der Waals surface area contributed by atoms with E-state index in [4.69, 9.17) is 9.15 Å². The average Bonchev–Trinajstić information content (AvgIpc) is 3.47. The molecular weight excluding hydrogens is 530 g/mol. The van der Waals surface area contributed by atoms with Crippen molar-refractivity contribution in [3.8, 4) is 11.5 Å². The molecule has 3 unspecified atom stereocenters. The molecule has 0 aliphatic rings. The molecular formula is C30H35N3O8. The molecule has 1 heterocycles. The molecule has 0 aliphatic carbocycles. The third-order valence-corrected chi connectivity index (χ3v) is 6.33. The van der Waals surface area contributed by atoms with Gasteiger partial charge in [0.05, 0.1) is 19.4 Å². The molecule has 218 valence electrons.